The first-order valence-corrected chi connectivity index (χ1v) is 5.87. The molecular weight excluding hydrogens is 228 g/mol. The largest absolute Gasteiger partial charge is 0.482 e. The Hall–Kier alpha value is -2.15. The minimum Gasteiger partial charge on any atom is -0.482 e. The molecule has 4 nitrogen and oxygen atoms in total. The molecule has 18 heavy (non-hydrogen) atoms. The van der Waals surface area contributed by atoms with Crippen LogP contribution in [-0.4, -0.2) is 30.5 Å². The number of nitrogens with two attached hydrogens (primary N) is 1. The van der Waals surface area contributed by atoms with E-state index in [1.165, 1.54) is 0 Å². The molecule has 0 radical (unpaired) electrons. The summed E-state index contributed by atoms with van der Waals surface area (Å²) in [6, 6.07) is 7.08. The maximum atomic E-state index is 11.9. The molecular formula is C14H18N2O2. The molecule has 2 N–H and O–H groups in total. The topological polar surface area (TPSA) is 55.6 Å². The molecule has 96 valence electrons. The number of para-hydroxylation sites is 2. The minimum absolute atomic E-state index is 0.0457. The molecule has 1 aromatic carbocycles. The van der Waals surface area contributed by atoms with Crippen LogP contribution >= 0.6 is 0 Å². The van der Waals surface area contributed by atoms with E-state index >= 15 is 0 Å². The van der Waals surface area contributed by atoms with E-state index in [2.05, 4.69) is 5.92 Å². The third kappa shape index (κ3) is 4.02. The molecule has 0 heterocycles. The van der Waals surface area contributed by atoms with E-state index in [0.717, 1.165) is 6.42 Å². The van der Waals surface area contributed by atoms with Gasteiger partial charge in [-0.3, -0.25) is 4.79 Å². The van der Waals surface area contributed by atoms with Crippen molar-refractivity contribution in [3.63, 3.8) is 0 Å². The lowest BCUT2D eigenvalue weighted by atomic mass is 10.3. The van der Waals surface area contributed by atoms with Crippen molar-refractivity contribution >= 4 is 11.6 Å². The standard InChI is InChI=1S/C14H18N2O2/c1-3-9-16(10-4-2)14(17)11-18-13-8-6-5-7-12(13)15/h1,5-8H,4,9-11,15H2,2H3. The van der Waals surface area contributed by atoms with E-state index in [1.807, 2.05) is 13.0 Å². The van der Waals surface area contributed by atoms with Crippen LogP contribution in [0.2, 0.25) is 0 Å². The van der Waals surface area contributed by atoms with E-state index in [4.69, 9.17) is 16.9 Å². The molecule has 0 saturated carbocycles. The number of anilines is 1. The van der Waals surface area contributed by atoms with Crippen molar-refractivity contribution in [2.24, 2.45) is 0 Å². The Labute approximate surface area is 108 Å². The van der Waals surface area contributed by atoms with Gasteiger partial charge in [-0.05, 0) is 18.6 Å². The van der Waals surface area contributed by atoms with Gasteiger partial charge in [0.15, 0.2) is 6.61 Å². The maximum absolute atomic E-state index is 11.9. The smallest absolute Gasteiger partial charge is 0.261 e. The Bertz CT molecular complexity index is 438. The summed E-state index contributed by atoms with van der Waals surface area (Å²) < 4.78 is 5.39. The molecule has 0 spiro atoms. The van der Waals surface area contributed by atoms with Crippen molar-refractivity contribution in [1.29, 1.82) is 0 Å². The van der Waals surface area contributed by atoms with Gasteiger partial charge in [-0.2, -0.15) is 0 Å². The van der Waals surface area contributed by atoms with Gasteiger partial charge >= 0.3 is 0 Å². The molecule has 0 aliphatic rings. The third-order valence-electron chi connectivity index (χ3n) is 2.40. The van der Waals surface area contributed by atoms with Crippen molar-refractivity contribution in [3.05, 3.63) is 24.3 Å². The first-order valence-electron chi connectivity index (χ1n) is 5.87. The molecule has 4 heteroatoms. The summed E-state index contributed by atoms with van der Waals surface area (Å²) in [6.45, 7) is 2.89. The summed E-state index contributed by atoms with van der Waals surface area (Å²) in [5, 5.41) is 0. The number of ether oxygens (including phenoxy) is 1. The minimum atomic E-state index is -0.127. The predicted molar refractivity (Wildman–Crippen MR) is 72.1 cm³/mol. The molecule has 0 aromatic heterocycles. The highest BCUT2D eigenvalue weighted by Crippen LogP contribution is 2.19. The van der Waals surface area contributed by atoms with Crippen LogP contribution in [0.15, 0.2) is 24.3 Å². The van der Waals surface area contributed by atoms with Crippen LogP contribution in [0.1, 0.15) is 13.3 Å². The fraction of sp³-hybridized carbons (Fsp3) is 0.357. The van der Waals surface area contributed by atoms with Crippen molar-refractivity contribution in [3.8, 4) is 18.1 Å². The number of carbonyl (C=O) groups excluding carboxylic acids is 1. The predicted octanol–water partition coefficient (Wildman–Crippen LogP) is 1.52. The van der Waals surface area contributed by atoms with Crippen LogP contribution in [0.4, 0.5) is 5.69 Å². The number of terminal acetylenes is 1. The van der Waals surface area contributed by atoms with Gasteiger partial charge in [0.2, 0.25) is 0 Å². The summed E-state index contributed by atoms with van der Waals surface area (Å²) in [5.74, 6) is 2.86. The highest BCUT2D eigenvalue weighted by Gasteiger charge is 2.12. The first-order chi connectivity index (χ1) is 8.69. The average molecular weight is 246 g/mol. The molecule has 0 aliphatic carbocycles. The maximum Gasteiger partial charge on any atom is 0.261 e. The molecule has 0 bridgehead atoms. The fourth-order valence-corrected chi connectivity index (χ4v) is 1.51. The van der Waals surface area contributed by atoms with E-state index in [0.29, 0.717) is 24.5 Å². The van der Waals surface area contributed by atoms with Crippen LogP contribution < -0.4 is 10.5 Å². The van der Waals surface area contributed by atoms with Crippen LogP contribution in [-0.2, 0) is 4.79 Å². The Morgan fingerprint density at radius 1 is 1.50 bits per heavy atom. The second-order valence-electron chi connectivity index (χ2n) is 3.85. The Kier molecular flexibility index (Phi) is 5.59. The van der Waals surface area contributed by atoms with E-state index in [1.54, 1.807) is 23.1 Å². The van der Waals surface area contributed by atoms with E-state index in [-0.39, 0.29) is 12.5 Å². The summed E-state index contributed by atoms with van der Waals surface area (Å²) in [5.41, 5.74) is 6.24. The Morgan fingerprint density at radius 3 is 2.83 bits per heavy atom. The second kappa shape index (κ2) is 7.23. The van der Waals surface area contributed by atoms with Crippen molar-refractivity contribution in [2.75, 3.05) is 25.4 Å². The number of nitrogens with zero attached hydrogens (tertiary/aromatic N) is 1. The van der Waals surface area contributed by atoms with Gasteiger partial charge in [0, 0.05) is 6.54 Å². The lowest BCUT2D eigenvalue weighted by molar-refractivity contribution is -0.132. The normalized spacial score (nSPS) is 9.56. The molecule has 1 aromatic rings. The summed E-state index contributed by atoms with van der Waals surface area (Å²) >= 11 is 0. The van der Waals surface area contributed by atoms with Crippen molar-refractivity contribution in [2.45, 2.75) is 13.3 Å². The van der Waals surface area contributed by atoms with Crippen molar-refractivity contribution < 1.29 is 9.53 Å². The molecule has 0 fully saturated rings. The molecule has 0 atom stereocenters. The van der Waals surface area contributed by atoms with Gasteiger partial charge < -0.3 is 15.4 Å². The Morgan fingerprint density at radius 2 is 2.22 bits per heavy atom. The first kappa shape index (κ1) is 13.9. The van der Waals surface area contributed by atoms with Crippen LogP contribution in [0.25, 0.3) is 0 Å². The van der Waals surface area contributed by atoms with E-state index < -0.39 is 0 Å². The molecule has 1 amide bonds. The molecule has 0 unspecified atom stereocenters. The fourth-order valence-electron chi connectivity index (χ4n) is 1.51. The van der Waals surface area contributed by atoms with Crippen LogP contribution in [0.5, 0.6) is 5.75 Å². The van der Waals surface area contributed by atoms with Gasteiger partial charge in [0.1, 0.15) is 5.75 Å². The van der Waals surface area contributed by atoms with Gasteiger partial charge in [0.25, 0.3) is 5.91 Å². The molecule has 1 rings (SSSR count). The van der Waals surface area contributed by atoms with Gasteiger partial charge in [-0.1, -0.05) is 25.0 Å². The summed E-state index contributed by atoms with van der Waals surface area (Å²) in [4.78, 5) is 13.5. The molecule has 0 aliphatic heterocycles. The van der Waals surface area contributed by atoms with Crippen LogP contribution in [0, 0.1) is 12.3 Å². The van der Waals surface area contributed by atoms with Gasteiger partial charge in [-0.25, -0.2) is 0 Å². The van der Waals surface area contributed by atoms with E-state index in [9.17, 15) is 4.79 Å². The lowest BCUT2D eigenvalue weighted by Gasteiger charge is -2.19. The zero-order chi connectivity index (χ0) is 13.4. The quantitative estimate of drug-likeness (QED) is 0.611. The van der Waals surface area contributed by atoms with Gasteiger partial charge in [-0.15, -0.1) is 6.42 Å². The molecule has 0 saturated heterocycles. The number of benzene rings is 1. The monoisotopic (exact) mass is 246 g/mol. The van der Waals surface area contributed by atoms with Crippen LogP contribution in [0.3, 0.4) is 0 Å². The van der Waals surface area contributed by atoms with Gasteiger partial charge in [0.05, 0.1) is 12.2 Å². The highest BCUT2D eigenvalue weighted by molar-refractivity contribution is 5.78. The average Bonchev–Trinajstić information content (AvgIpc) is 2.37. The Balaban J connectivity index is 2.54. The number of rotatable bonds is 6. The lowest BCUT2D eigenvalue weighted by Crippen LogP contribution is -2.35. The number of carbonyl (C=O) groups is 1. The third-order valence-corrected chi connectivity index (χ3v) is 2.40. The number of nitrogen functional groups attached to an aromatic ring is 1. The zero-order valence-corrected chi connectivity index (χ0v) is 10.6. The SMILES string of the molecule is C#CCN(CCC)C(=O)COc1ccccc1N. The van der Waals surface area contributed by atoms with Crippen molar-refractivity contribution in [1.82, 2.24) is 4.90 Å². The second-order valence-corrected chi connectivity index (χ2v) is 3.85. The summed E-state index contributed by atoms with van der Waals surface area (Å²) in [6.07, 6.45) is 6.09. The summed E-state index contributed by atoms with van der Waals surface area (Å²) in [7, 11) is 0. The zero-order valence-electron chi connectivity index (χ0n) is 10.6. The number of amides is 1. The highest BCUT2D eigenvalue weighted by atomic mass is 16.5. The number of hydrogen-bond donors (Lipinski definition) is 1. The number of hydrogen-bond acceptors (Lipinski definition) is 3.